The lowest BCUT2D eigenvalue weighted by atomic mass is 9.78. The van der Waals surface area contributed by atoms with Crippen LogP contribution in [0.4, 0.5) is 0 Å². The number of nitrogens with one attached hydrogen (secondary N) is 2. The first-order chi connectivity index (χ1) is 8.68. The van der Waals surface area contributed by atoms with Crippen LogP contribution >= 0.6 is 0 Å². The Hall–Kier alpha value is -0.610. The lowest BCUT2D eigenvalue weighted by Gasteiger charge is -2.35. The molecule has 0 unspecified atom stereocenters. The lowest BCUT2D eigenvalue weighted by Crippen LogP contribution is -2.50. The van der Waals surface area contributed by atoms with Crippen molar-refractivity contribution in [2.45, 2.75) is 39.5 Å². The van der Waals surface area contributed by atoms with E-state index >= 15 is 0 Å². The van der Waals surface area contributed by atoms with E-state index in [1.807, 2.05) is 0 Å². The quantitative estimate of drug-likeness (QED) is 0.727. The summed E-state index contributed by atoms with van der Waals surface area (Å²) in [6.45, 7) is 7.49. The Morgan fingerprint density at radius 3 is 2.44 bits per heavy atom. The molecule has 0 bridgehead atoms. The van der Waals surface area contributed by atoms with E-state index in [2.05, 4.69) is 24.5 Å². The molecule has 1 heterocycles. The summed E-state index contributed by atoms with van der Waals surface area (Å²) >= 11 is 0. The number of carbonyl (C=O) groups is 1. The molecule has 0 aliphatic carbocycles. The van der Waals surface area contributed by atoms with Crippen LogP contribution in [0.2, 0.25) is 0 Å². The highest BCUT2D eigenvalue weighted by atomic mass is 16.5. The summed E-state index contributed by atoms with van der Waals surface area (Å²) in [5.41, 5.74) is -0.313. The number of rotatable bonds is 7. The molecule has 4 heteroatoms. The Kier molecular flexibility index (Phi) is 6.65. The molecule has 1 amide bonds. The monoisotopic (exact) mass is 256 g/mol. The third-order valence-electron chi connectivity index (χ3n) is 4.17. The van der Waals surface area contributed by atoms with Gasteiger partial charge in [0.1, 0.15) is 0 Å². The van der Waals surface area contributed by atoms with Crippen molar-refractivity contribution >= 4 is 5.91 Å². The van der Waals surface area contributed by atoms with E-state index in [0.29, 0.717) is 12.5 Å². The molecule has 2 N–H and O–H groups in total. The largest absolute Gasteiger partial charge is 0.384 e. The highest BCUT2D eigenvalue weighted by molar-refractivity contribution is 5.83. The predicted molar refractivity (Wildman–Crippen MR) is 73.5 cm³/mol. The van der Waals surface area contributed by atoms with Crippen molar-refractivity contribution in [1.29, 1.82) is 0 Å². The zero-order valence-corrected chi connectivity index (χ0v) is 12.1. The number of ether oxygens (including phenoxy) is 1. The van der Waals surface area contributed by atoms with Crippen molar-refractivity contribution in [3.8, 4) is 0 Å². The smallest absolute Gasteiger partial charge is 0.228 e. The van der Waals surface area contributed by atoms with E-state index in [9.17, 15) is 4.79 Å². The zero-order chi connectivity index (χ0) is 13.4. The third-order valence-corrected chi connectivity index (χ3v) is 4.17. The van der Waals surface area contributed by atoms with Gasteiger partial charge in [0.15, 0.2) is 0 Å². The molecule has 0 atom stereocenters. The van der Waals surface area contributed by atoms with Gasteiger partial charge in [-0.05, 0) is 31.8 Å². The van der Waals surface area contributed by atoms with Gasteiger partial charge in [-0.1, -0.05) is 26.7 Å². The highest BCUT2D eigenvalue weighted by Gasteiger charge is 2.39. The van der Waals surface area contributed by atoms with Gasteiger partial charge in [-0.2, -0.15) is 0 Å². The number of hydrogen-bond donors (Lipinski definition) is 2. The van der Waals surface area contributed by atoms with Crippen LogP contribution in [0.5, 0.6) is 0 Å². The van der Waals surface area contributed by atoms with Crippen LogP contribution < -0.4 is 10.6 Å². The van der Waals surface area contributed by atoms with Crippen LogP contribution in [0.15, 0.2) is 0 Å². The van der Waals surface area contributed by atoms with Gasteiger partial charge in [-0.25, -0.2) is 0 Å². The molecule has 0 spiro atoms. The number of amides is 1. The molecule has 0 radical (unpaired) electrons. The first-order valence-corrected chi connectivity index (χ1v) is 7.16. The first kappa shape index (κ1) is 15.4. The minimum Gasteiger partial charge on any atom is -0.384 e. The second-order valence-electron chi connectivity index (χ2n) is 5.36. The Morgan fingerprint density at radius 2 is 1.94 bits per heavy atom. The van der Waals surface area contributed by atoms with Crippen LogP contribution in [0.25, 0.3) is 0 Å². The summed E-state index contributed by atoms with van der Waals surface area (Å²) in [6, 6.07) is 0. The number of piperidine rings is 1. The SMILES string of the molecule is CCC(CC)CNC(=O)C1(COC)CCNCC1. The van der Waals surface area contributed by atoms with Crippen molar-refractivity contribution < 1.29 is 9.53 Å². The second kappa shape index (κ2) is 7.74. The van der Waals surface area contributed by atoms with Gasteiger partial charge in [-0.3, -0.25) is 4.79 Å². The van der Waals surface area contributed by atoms with Gasteiger partial charge >= 0.3 is 0 Å². The van der Waals surface area contributed by atoms with E-state index in [1.165, 1.54) is 0 Å². The maximum atomic E-state index is 12.4. The van der Waals surface area contributed by atoms with Crippen molar-refractivity contribution in [2.24, 2.45) is 11.3 Å². The van der Waals surface area contributed by atoms with Gasteiger partial charge in [-0.15, -0.1) is 0 Å². The van der Waals surface area contributed by atoms with Crippen LogP contribution in [-0.4, -0.2) is 39.3 Å². The normalized spacial score (nSPS) is 18.9. The van der Waals surface area contributed by atoms with E-state index in [4.69, 9.17) is 4.74 Å². The molecule has 0 aromatic heterocycles. The molecule has 0 saturated carbocycles. The topological polar surface area (TPSA) is 50.4 Å². The molecule has 106 valence electrons. The maximum Gasteiger partial charge on any atom is 0.228 e. The molecule has 1 fully saturated rings. The van der Waals surface area contributed by atoms with Gasteiger partial charge in [0, 0.05) is 13.7 Å². The molecule has 0 aromatic rings. The molecular formula is C14H28N2O2. The van der Waals surface area contributed by atoms with Gasteiger partial charge < -0.3 is 15.4 Å². The Bertz CT molecular complexity index is 241. The van der Waals surface area contributed by atoms with Crippen LogP contribution in [0, 0.1) is 11.3 Å². The zero-order valence-electron chi connectivity index (χ0n) is 12.1. The Balaban J connectivity index is 2.54. The highest BCUT2D eigenvalue weighted by Crippen LogP contribution is 2.29. The Morgan fingerprint density at radius 1 is 1.33 bits per heavy atom. The van der Waals surface area contributed by atoms with Crippen molar-refractivity contribution in [2.75, 3.05) is 33.4 Å². The van der Waals surface area contributed by atoms with Crippen LogP contribution in [-0.2, 0) is 9.53 Å². The summed E-state index contributed by atoms with van der Waals surface area (Å²) in [5.74, 6) is 0.771. The molecule has 4 nitrogen and oxygen atoms in total. The Labute approximate surface area is 111 Å². The molecule has 1 rings (SSSR count). The fourth-order valence-corrected chi connectivity index (χ4v) is 2.62. The van der Waals surface area contributed by atoms with Crippen molar-refractivity contribution in [1.82, 2.24) is 10.6 Å². The predicted octanol–water partition coefficient (Wildman–Crippen LogP) is 1.55. The van der Waals surface area contributed by atoms with E-state index in [1.54, 1.807) is 7.11 Å². The first-order valence-electron chi connectivity index (χ1n) is 7.16. The minimum absolute atomic E-state index is 0.178. The van der Waals surface area contributed by atoms with E-state index in [-0.39, 0.29) is 11.3 Å². The lowest BCUT2D eigenvalue weighted by molar-refractivity contribution is -0.136. The average Bonchev–Trinajstić information content (AvgIpc) is 2.41. The van der Waals surface area contributed by atoms with Gasteiger partial charge in [0.25, 0.3) is 0 Å². The fraction of sp³-hybridized carbons (Fsp3) is 0.929. The summed E-state index contributed by atoms with van der Waals surface area (Å²) in [5, 5.41) is 6.44. The molecule has 1 aliphatic rings. The van der Waals surface area contributed by atoms with Crippen molar-refractivity contribution in [3.63, 3.8) is 0 Å². The summed E-state index contributed by atoms with van der Waals surface area (Å²) in [6.07, 6.45) is 3.98. The number of carbonyl (C=O) groups excluding carboxylic acids is 1. The minimum atomic E-state index is -0.313. The molecule has 1 saturated heterocycles. The van der Waals surface area contributed by atoms with Gasteiger partial charge in [0.05, 0.1) is 12.0 Å². The third kappa shape index (κ3) is 3.95. The second-order valence-corrected chi connectivity index (χ2v) is 5.36. The number of methoxy groups -OCH3 is 1. The molecule has 1 aliphatic heterocycles. The summed E-state index contributed by atoms with van der Waals surface area (Å²) < 4.78 is 5.28. The summed E-state index contributed by atoms with van der Waals surface area (Å²) in [7, 11) is 1.68. The van der Waals surface area contributed by atoms with Crippen LogP contribution in [0.3, 0.4) is 0 Å². The molecule has 18 heavy (non-hydrogen) atoms. The molecule has 0 aromatic carbocycles. The van der Waals surface area contributed by atoms with Gasteiger partial charge in [0.2, 0.25) is 5.91 Å². The standard InChI is InChI=1S/C14H28N2O2/c1-4-12(5-2)10-16-13(17)14(11-18-3)6-8-15-9-7-14/h12,15H,4-11H2,1-3H3,(H,16,17). The van der Waals surface area contributed by atoms with Crippen LogP contribution in [0.1, 0.15) is 39.5 Å². The number of hydrogen-bond acceptors (Lipinski definition) is 3. The molecular weight excluding hydrogens is 228 g/mol. The van der Waals surface area contributed by atoms with E-state index < -0.39 is 0 Å². The maximum absolute atomic E-state index is 12.4. The van der Waals surface area contributed by atoms with E-state index in [0.717, 1.165) is 45.3 Å². The van der Waals surface area contributed by atoms with Crippen molar-refractivity contribution in [3.05, 3.63) is 0 Å². The summed E-state index contributed by atoms with van der Waals surface area (Å²) in [4.78, 5) is 12.4. The average molecular weight is 256 g/mol. The fourth-order valence-electron chi connectivity index (χ4n) is 2.62.